The van der Waals surface area contributed by atoms with E-state index in [1.165, 1.54) is 91.8 Å². The SMILES string of the molecule is c1ccc(-n2c3ccccc3c3cc(-c4ccc5sc6cc7c8c(cccc8c6c5c4)-c4ccccc4-7)ccc32)cc1. The first kappa shape index (κ1) is 22.5. The van der Waals surface area contributed by atoms with E-state index in [0.717, 1.165) is 0 Å². The largest absolute Gasteiger partial charge is 0.309 e. The van der Waals surface area contributed by atoms with Gasteiger partial charge in [-0.1, -0.05) is 91.0 Å². The molecule has 0 saturated heterocycles. The predicted molar refractivity (Wildman–Crippen MR) is 181 cm³/mol. The van der Waals surface area contributed by atoms with Crippen molar-refractivity contribution in [2.45, 2.75) is 0 Å². The van der Waals surface area contributed by atoms with Crippen LogP contribution in [0.3, 0.4) is 0 Å². The molecule has 1 aliphatic carbocycles. The Balaban J connectivity index is 1.22. The van der Waals surface area contributed by atoms with Crippen LogP contribution in [0.25, 0.3) is 91.8 Å². The minimum Gasteiger partial charge on any atom is -0.309 e. The molecule has 0 amide bonds. The van der Waals surface area contributed by atoms with E-state index in [4.69, 9.17) is 0 Å². The highest BCUT2D eigenvalue weighted by Crippen LogP contribution is 2.52. The van der Waals surface area contributed by atoms with Gasteiger partial charge >= 0.3 is 0 Å². The summed E-state index contributed by atoms with van der Waals surface area (Å²) >= 11 is 1.91. The third kappa shape index (κ3) is 2.92. The number of aromatic nitrogens is 1. The first-order valence-electron chi connectivity index (χ1n) is 14.4. The Bertz CT molecular complexity index is 2560. The van der Waals surface area contributed by atoms with Crippen LogP contribution in [0.2, 0.25) is 0 Å². The van der Waals surface area contributed by atoms with Crippen LogP contribution in [-0.4, -0.2) is 4.57 Å². The minimum absolute atomic E-state index is 1.19. The summed E-state index contributed by atoms with van der Waals surface area (Å²) in [5.41, 5.74) is 11.6. The molecule has 42 heavy (non-hydrogen) atoms. The molecule has 1 aliphatic rings. The minimum atomic E-state index is 1.19. The maximum absolute atomic E-state index is 2.43. The number of rotatable bonds is 2. The molecule has 194 valence electrons. The third-order valence-electron chi connectivity index (χ3n) is 9.12. The van der Waals surface area contributed by atoms with E-state index < -0.39 is 0 Å². The lowest BCUT2D eigenvalue weighted by molar-refractivity contribution is 1.18. The topological polar surface area (TPSA) is 4.93 Å². The van der Waals surface area contributed by atoms with Gasteiger partial charge in [-0.2, -0.15) is 0 Å². The lowest BCUT2D eigenvalue weighted by atomic mass is 9.96. The molecular weight excluding hydrogens is 527 g/mol. The lowest BCUT2D eigenvalue weighted by Crippen LogP contribution is -1.92. The van der Waals surface area contributed by atoms with Crippen LogP contribution in [0.15, 0.2) is 140 Å². The first-order valence-corrected chi connectivity index (χ1v) is 15.3. The van der Waals surface area contributed by atoms with Crippen molar-refractivity contribution in [3.05, 3.63) is 140 Å². The Labute approximate surface area is 246 Å². The van der Waals surface area contributed by atoms with Crippen LogP contribution < -0.4 is 0 Å². The van der Waals surface area contributed by atoms with Crippen LogP contribution in [0.1, 0.15) is 0 Å². The second kappa shape index (κ2) is 8.19. The summed E-state index contributed by atoms with van der Waals surface area (Å²) < 4.78 is 5.08. The summed E-state index contributed by atoms with van der Waals surface area (Å²) in [6, 6.07) is 51.5. The summed E-state index contributed by atoms with van der Waals surface area (Å²) in [5.74, 6) is 0. The highest BCUT2D eigenvalue weighted by molar-refractivity contribution is 7.26. The Morgan fingerprint density at radius 2 is 1.05 bits per heavy atom. The second-order valence-electron chi connectivity index (χ2n) is 11.3. The van der Waals surface area contributed by atoms with Crippen LogP contribution >= 0.6 is 11.3 Å². The monoisotopic (exact) mass is 549 g/mol. The van der Waals surface area contributed by atoms with Gasteiger partial charge in [0.1, 0.15) is 0 Å². The maximum atomic E-state index is 2.43. The van der Waals surface area contributed by atoms with Gasteiger partial charge in [0.25, 0.3) is 0 Å². The van der Waals surface area contributed by atoms with E-state index in [2.05, 4.69) is 144 Å². The summed E-state index contributed by atoms with van der Waals surface area (Å²) in [6.07, 6.45) is 0. The molecule has 0 atom stereocenters. The van der Waals surface area contributed by atoms with E-state index >= 15 is 0 Å². The van der Waals surface area contributed by atoms with Crippen molar-refractivity contribution >= 4 is 64.1 Å². The van der Waals surface area contributed by atoms with Gasteiger partial charge in [-0.05, 0) is 92.7 Å². The van der Waals surface area contributed by atoms with Gasteiger partial charge in [-0.15, -0.1) is 11.3 Å². The fourth-order valence-electron chi connectivity index (χ4n) is 7.33. The van der Waals surface area contributed by atoms with E-state index in [9.17, 15) is 0 Å². The van der Waals surface area contributed by atoms with Crippen molar-refractivity contribution in [3.63, 3.8) is 0 Å². The molecule has 2 heterocycles. The molecule has 7 aromatic carbocycles. The molecule has 0 N–H and O–H groups in total. The van der Waals surface area contributed by atoms with Crippen molar-refractivity contribution in [2.24, 2.45) is 0 Å². The molecule has 0 bridgehead atoms. The molecule has 0 aliphatic heterocycles. The number of fused-ring (bicyclic) bond motifs is 10. The van der Waals surface area contributed by atoms with E-state index in [0.29, 0.717) is 0 Å². The standard InChI is InChI=1S/C40H23NS/c1-2-9-26(10-3-1)41-35-16-7-6-13-29(35)32-21-24(17-19-36(32)41)25-18-20-37-34(22-25)40-31-15-8-14-30-27-11-4-5-12-28(27)33(39(30)31)23-38(40)42-37/h1-23H. The summed E-state index contributed by atoms with van der Waals surface area (Å²) in [7, 11) is 0. The fourth-order valence-corrected chi connectivity index (χ4v) is 8.47. The zero-order valence-electron chi connectivity index (χ0n) is 22.6. The molecule has 2 aromatic heterocycles. The molecule has 10 rings (SSSR count). The number of hydrogen-bond acceptors (Lipinski definition) is 1. The van der Waals surface area contributed by atoms with Crippen LogP contribution in [0.5, 0.6) is 0 Å². The Hall–Kier alpha value is -5.18. The average molecular weight is 550 g/mol. The zero-order chi connectivity index (χ0) is 27.4. The van der Waals surface area contributed by atoms with Crippen molar-refractivity contribution in [3.8, 4) is 39.1 Å². The van der Waals surface area contributed by atoms with E-state index in [1.807, 2.05) is 11.3 Å². The molecule has 0 unspecified atom stereocenters. The summed E-state index contributed by atoms with van der Waals surface area (Å²) in [4.78, 5) is 0. The Morgan fingerprint density at radius 1 is 0.381 bits per heavy atom. The fraction of sp³-hybridized carbons (Fsp3) is 0. The van der Waals surface area contributed by atoms with Crippen LogP contribution in [-0.2, 0) is 0 Å². The maximum Gasteiger partial charge on any atom is 0.0541 e. The van der Waals surface area contributed by atoms with Gasteiger partial charge in [-0.25, -0.2) is 0 Å². The zero-order valence-corrected chi connectivity index (χ0v) is 23.5. The number of benzene rings is 7. The van der Waals surface area contributed by atoms with Gasteiger partial charge in [-0.3, -0.25) is 0 Å². The van der Waals surface area contributed by atoms with Crippen LogP contribution in [0, 0.1) is 0 Å². The Morgan fingerprint density at radius 3 is 1.93 bits per heavy atom. The summed E-state index contributed by atoms with van der Waals surface area (Å²) in [6.45, 7) is 0. The number of nitrogens with zero attached hydrogens (tertiary/aromatic N) is 1. The first-order chi connectivity index (χ1) is 20.8. The van der Waals surface area contributed by atoms with Crippen molar-refractivity contribution < 1.29 is 0 Å². The van der Waals surface area contributed by atoms with E-state index in [1.54, 1.807) is 0 Å². The molecule has 0 radical (unpaired) electrons. The van der Waals surface area contributed by atoms with E-state index in [-0.39, 0.29) is 0 Å². The molecule has 0 saturated carbocycles. The highest BCUT2D eigenvalue weighted by atomic mass is 32.1. The van der Waals surface area contributed by atoms with Crippen LogP contribution in [0.4, 0.5) is 0 Å². The lowest BCUT2D eigenvalue weighted by Gasteiger charge is -2.08. The highest BCUT2D eigenvalue weighted by Gasteiger charge is 2.24. The van der Waals surface area contributed by atoms with Crippen molar-refractivity contribution in [1.29, 1.82) is 0 Å². The smallest absolute Gasteiger partial charge is 0.0541 e. The molecular formula is C40H23NS. The van der Waals surface area contributed by atoms with Gasteiger partial charge in [0.15, 0.2) is 0 Å². The number of hydrogen-bond donors (Lipinski definition) is 0. The molecule has 0 spiro atoms. The van der Waals surface area contributed by atoms with Gasteiger partial charge in [0, 0.05) is 36.6 Å². The normalized spacial score (nSPS) is 12.3. The Kier molecular flexibility index (Phi) is 4.39. The number of para-hydroxylation sites is 2. The molecule has 0 fully saturated rings. The van der Waals surface area contributed by atoms with Gasteiger partial charge in [0.2, 0.25) is 0 Å². The quantitative estimate of drug-likeness (QED) is 0.202. The van der Waals surface area contributed by atoms with Gasteiger partial charge < -0.3 is 4.57 Å². The van der Waals surface area contributed by atoms with Gasteiger partial charge in [0.05, 0.1) is 11.0 Å². The van der Waals surface area contributed by atoms with Crippen molar-refractivity contribution in [2.75, 3.05) is 0 Å². The number of thiophene rings is 1. The predicted octanol–water partition coefficient (Wildman–Crippen LogP) is 11.6. The molecule has 1 nitrogen and oxygen atoms in total. The molecule has 9 aromatic rings. The third-order valence-corrected chi connectivity index (χ3v) is 10.2. The van der Waals surface area contributed by atoms with Crippen molar-refractivity contribution in [1.82, 2.24) is 4.57 Å². The molecule has 2 heteroatoms. The summed E-state index contributed by atoms with van der Waals surface area (Å²) in [5, 5.41) is 8.05. The average Bonchev–Trinajstić information content (AvgIpc) is 3.70. The second-order valence-corrected chi connectivity index (χ2v) is 12.4.